The smallest absolute Gasteiger partial charge is 0.223 e. The number of benzene rings is 1. The highest BCUT2D eigenvalue weighted by Gasteiger charge is 2.27. The van der Waals surface area contributed by atoms with Crippen LogP contribution in [-0.2, 0) is 11.3 Å². The van der Waals surface area contributed by atoms with Crippen LogP contribution < -0.4 is 0 Å². The summed E-state index contributed by atoms with van der Waals surface area (Å²) in [6.07, 6.45) is 2.13. The van der Waals surface area contributed by atoms with Crippen LogP contribution in [0.4, 0.5) is 8.78 Å². The lowest BCUT2D eigenvalue weighted by Crippen LogP contribution is -2.25. The van der Waals surface area contributed by atoms with Crippen molar-refractivity contribution in [3.63, 3.8) is 0 Å². The largest absolute Gasteiger partial charge is 0.338 e. The molecule has 1 aromatic rings. The van der Waals surface area contributed by atoms with E-state index in [1.54, 1.807) is 6.08 Å². The van der Waals surface area contributed by atoms with E-state index in [4.69, 9.17) is 0 Å². The molecule has 0 spiro atoms. The van der Waals surface area contributed by atoms with E-state index < -0.39 is 11.6 Å². The maximum atomic E-state index is 13.4. The van der Waals surface area contributed by atoms with Crippen LogP contribution >= 0.6 is 0 Å². The van der Waals surface area contributed by atoms with E-state index in [1.807, 2.05) is 0 Å². The molecule has 0 N–H and O–H groups in total. The monoisotopic (exact) mass is 237 g/mol. The molecule has 1 aliphatic heterocycles. The van der Waals surface area contributed by atoms with Gasteiger partial charge in [0, 0.05) is 31.0 Å². The highest BCUT2D eigenvalue weighted by molar-refractivity contribution is 5.79. The van der Waals surface area contributed by atoms with Crippen molar-refractivity contribution >= 4 is 5.91 Å². The molecule has 17 heavy (non-hydrogen) atoms. The van der Waals surface area contributed by atoms with E-state index in [-0.39, 0.29) is 23.9 Å². The molecule has 0 radical (unpaired) electrons. The number of hydrogen-bond acceptors (Lipinski definition) is 1. The molecule has 0 saturated carbocycles. The fourth-order valence-corrected chi connectivity index (χ4v) is 1.98. The molecule has 1 amide bonds. The fourth-order valence-electron chi connectivity index (χ4n) is 1.98. The lowest BCUT2D eigenvalue weighted by atomic mass is 10.1. The minimum absolute atomic E-state index is 0.0430. The van der Waals surface area contributed by atoms with Gasteiger partial charge in [-0.15, -0.1) is 6.58 Å². The number of rotatable bonds is 3. The zero-order valence-electron chi connectivity index (χ0n) is 9.33. The molecular weight excluding hydrogens is 224 g/mol. The first-order chi connectivity index (χ1) is 8.10. The summed E-state index contributed by atoms with van der Waals surface area (Å²) in [5.74, 6) is -0.910. The molecule has 1 atom stereocenters. The highest BCUT2D eigenvalue weighted by Crippen LogP contribution is 2.22. The van der Waals surface area contributed by atoms with Gasteiger partial charge in [-0.25, -0.2) is 8.78 Å². The van der Waals surface area contributed by atoms with Crippen LogP contribution in [0.2, 0.25) is 0 Å². The third kappa shape index (κ3) is 2.52. The molecule has 1 fully saturated rings. The molecule has 1 aromatic carbocycles. The molecule has 1 heterocycles. The van der Waals surface area contributed by atoms with Crippen LogP contribution in [0.25, 0.3) is 0 Å². The van der Waals surface area contributed by atoms with E-state index in [2.05, 4.69) is 6.58 Å². The molecule has 1 unspecified atom stereocenters. The fraction of sp³-hybridized carbons (Fsp3) is 0.308. The summed E-state index contributed by atoms with van der Waals surface area (Å²) >= 11 is 0. The maximum Gasteiger partial charge on any atom is 0.223 e. The highest BCUT2D eigenvalue weighted by atomic mass is 19.1. The summed E-state index contributed by atoms with van der Waals surface area (Å²) in [7, 11) is 0. The number of carbonyl (C=O) groups is 1. The summed E-state index contributed by atoms with van der Waals surface area (Å²) in [4.78, 5) is 13.1. The Labute approximate surface area is 98.5 Å². The van der Waals surface area contributed by atoms with Crippen LogP contribution in [0.5, 0.6) is 0 Å². The molecular formula is C13H13F2NO. The van der Waals surface area contributed by atoms with Crippen molar-refractivity contribution in [2.24, 2.45) is 5.92 Å². The van der Waals surface area contributed by atoms with Gasteiger partial charge in [-0.1, -0.05) is 6.08 Å². The first kappa shape index (κ1) is 11.8. The van der Waals surface area contributed by atoms with E-state index in [9.17, 15) is 13.6 Å². The predicted octanol–water partition coefficient (Wildman–Crippen LogP) is 2.50. The topological polar surface area (TPSA) is 20.3 Å². The molecule has 0 aliphatic carbocycles. The van der Waals surface area contributed by atoms with Gasteiger partial charge >= 0.3 is 0 Å². The minimum atomic E-state index is -0.492. The summed E-state index contributed by atoms with van der Waals surface area (Å²) in [6, 6.07) is 3.28. The Bertz CT molecular complexity index is 459. The van der Waals surface area contributed by atoms with Gasteiger partial charge < -0.3 is 4.90 Å². The summed E-state index contributed by atoms with van der Waals surface area (Å²) in [5.41, 5.74) is 0.211. The van der Waals surface area contributed by atoms with Gasteiger partial charge in [0.2, 0.25) is 5.91 Å². The van der Waals surface area contributed by atoms with Crippen LogP contribution in [0.15, 0.2) is 30.9 Å². The van der Waals surface area contributed by atoms with Gasteiger partial charge in [-0.2, -0.15) is 0 Å². The zero-order valence-corrected chi connectivity index (χ0v) is 9.33. The van der Waals surface area contributed by atoms with Gasteiger partial charge in [0.25, 0.3) is 0 Å². The Morgan fingerprint density at radius 2 is 2.24 bits per heavy atom. The molecule has 2 nitrogen and oxygen atoms in total. The Morgan fingerprint density at radius 1 is 1.47 bits per heavy atom. The second-order valence-electron chi connectivity index (χ2n) is 4.21. The Hall–Kier alpha value is -1.71. The predicted molar refractivity (Wildman–Crippen MR) is 60.1 cm³/mol. The summed E-state index contributed by atoms with van der Waals surface area (Å²) in [5, 5.41) is 0. The van der Waals surface area contributed by atoms with Crippen LogP contribution in [0.3, 0.4) is 0 Å². The van der Waals surface area contributed by atoms with Crippen molar-refractivity contribution in [2.75, 3.05) is 6.54 Å². The Balaban J connectivity index is 2.13. The molecule has 90 valence electrons. The van der Waals surface area contributed by atoms with Crippen molar-refractivity contribution in [1.29, 1.82) is 0 Å². The minimum Gasteiger partial charge on any atom is -0.338 e. The Kier molecular flexibility index (Phi) is 3.22. The second-order valence-corrected chi connectivity index (χ2v) is 4.21. The lowest BCUT2D eigenvalue weighted by Gasteiger charge is -2.16. The quantitative estimate of drug-likeness (QED) is 0.740. The molecule has 4 heteroatoms. The summed E-state index contributed by atoms with van der Waals surface area (Å²) < 4.78 is 26.4. The number of hydrogen-bond donors (Lipinski definition) is 0. The van der Waals surface area contributed by atoms with E-state index >= 15 is 0 Å². The number of amides is 1. The third-order valence-electron chi connectivity index (χ3n) is 2.95. The van der Waals surface area contributed by atoms with E-state index in [1.165, 1.54) is 4.90 Å². The van der Waals surface area contributed by atoms with Crippen molar-refractivity contribution < 1.29 is 13.6 Å². The van der Waals surface area contributed by atoms with Gasteiger partial charge in [0.1, 0.15) is 11.6 Å². The number of nitrogens with zero attached hydrogens (tertiary/aromatic N) is 1. The van der Waals surface area contributed by atoms with Gasteiger partial charge in [0.15, 0.2) is 0 Å². The van der Waals surface area contributed by atoms with Gasteiger partial charge in [-0.3, -0.25) is 4.79 Å². The second kappa shape index (κ2) is 4.65. The average molecular weight is 237 g/mol. The van der Waals surface area contributed by atoms with E-state index in [0.717, 1.165) is 18.2 Å². The van der Waals surface area contributed by atoms with Crippen LogP contribution in [-0.4, -0.2) is 17.4 Å². The van der Waals surface area contributed by atoms with Crippen molar-refractivity contribution in [3.8, 4) is 0 Å². The first-order valence-corrected chi connectivity index (χ1v) is 5.44. The molecule has 1 aliphatic rings. The third-order valence-corrected chi connectivity index (χ3v) is 2.95. The zero-order chi connectivity index (χ0) is 12.4. The van der Waals surface area contributed by atoms with Crippen LogP contribution in [0, 0.1) is 17.6 Å². The number of carbonyl (C=O) groups excluding carboxylic acids is 1. The van der Waals surface area contributed by atoms with Gasteiger partial charge in [-0.05, 0) is 18.2 Å². The normalized spacial score (nSPS) is 19.8. The molecule has 1 saturated heterocycles. The molecule has 0 bridgehead atoms. The van der Waals surface area contributed by atoms with Gasteiger partial charge in [0.05, 0.1) is 0 Å². The SMILES string of the molecule is C=CC1CC(=O)N(Cc2cc(F)ccc2F)C1. The number of halogens is 2. The standard InChI is InChI=1S/C13H13F2NO/c1-2-9-5-13(17)16(7-9)8-10-6-11(14)3-4-12(10)15/h2-4,6,9H,1,5,7-8H2. The average Bonchev–Trinajstić information content (AvgIpc) is 2.65. The Morgan fingerprint density at radius 3 is 2.88 bits per heavy atom. The van der Waals surface area contributed by atoms with Crippen molar-refractivity contribution in [1.82, 2.24) is 4.90 Å². The lowest BCUT2D eigenvalue weighted by molar-refractivity contribution is -0.128. The van der Waals surface area contributed by atoms with Crippen molar-refractivity contribution in [3.05, 3.63) is 48.1 Å². The molecule has 2 rings (SSSR count). The summed E-state index contributed by atoms with van der Waals surface area (Å²) in [6.45, 7) is 4.28. The van der Waals surface area contributed by atoms with E-state index in [0.29, 0.717) is 13.0 Å². The molecule has 0 aromatic heterocycles. The van der Waals surface area contributed by atoms with Crippen LogP contribution in [0.1, 0.15) is 12.0 Å². The maximum absolute atomic E-state index is 13.4. The first-order valence-electron chi connectivity index (χ1n) is 5.44. The number of likely N-dealkylation sites (tertiary alicyclic amines) is 1. The van der Waals surface area contributed by atoms with Crippen molar-refractivity contribution in [2.45, 2.75) is 13.0 Å².